The Hall–Kier alpha value is -0.600. The third-order valence-electron chi connectivity index (χ3n) is 4.78. The number of amides is 2. The van der Waals surface area contributed by atoms with Gasteiger partial charge in [-0.3, -0.25) is 14.5 Å². The highest BCUT2D eigenvalue weighted by Gasteiger charge is 2.35. The van der Waals surface area contributed by atoms with Crippen LogP contribution in [0.3, 0.4) is 0 Å². The van der Waals surface area contributed by atoms with Crippen LogP contribution in [-0.4, -0.2) is 86.7 Å². The van der Waals surface area contributed by atoms with E-state index in [1.165, 1.54) is 0 Å². The van der Waals surface area contributed by atoms with E-state index in [1.807, 2.05) is 4.90 Å². The molecule has 2 amide bonds. The molecule has 3 saturated heterocycles. The molecule has 140 valence electrons. The van der Waals surface area contributed by atoms with Crippen molar-refractivity contribution in [3.8, 4) is 0 Å². The van der Waals surface area contributed by atoms with E-state index in [1.54, 1.807) is 0 Å². The summed E-state index contributed by atoms with van der Waals surface area (Å²) in [5.41, 5.74) is 0. The molecule has 0 radical (unpaired) electrons. The topological polar surface area (TPSA) is 73.9 Å². The quantitative estimate of drug-likeness (QED) is 0.669. The number of hydrogen-bond donors (Lipinski definition) is 2. The maximum absolute atomic E-state index is 12.3. The number of carbonyl (C=O) groups excluding carboxylic acids is 2. The molecular weight excluding hydrogens is 355 g/mol. The van der Waals surface area contributed by atoms with E-state index >= 15 is 0 Å². The summed E-state index contributed by atoms with van der Waals surface area (Å²) in [5, 5.41) is 6.29. The minimum Gasteiger partial charge on any atom is -0.379 e. The van der Waals surface area contributed by atoms with Crippen molar-refractivity contribution in [2.75, 3.05) is 59.0 Å². The molecule has 2 N–H and O–H groups in total. The maximum atomic E-state index is 12.3. The van der Waals surface area contributed by atoms with Gasteiger partial charge in [0.2, 0.25) is 11.8 Å². The van der Waals surface area contributed by atoms with Gasteiger partial charge in [0.05, 0.1) is 19.1 Å². The van der Waals surface area contributed by atoms with Crippen LogP contribution in [0.5, 0.6) is 0 Å². The average molecular weight is 383 g/mol. The van der Waals surface area contributed by atoms with Crippen molar-refractivity contribution in [2.24, 2.45) is 5.92 Å². The van der Waals surface area contributed by atoms with Gasteiger partial charge in [0.25, 0.3) is 0 Å². The van der Waals surface area contributed by atoms with Crippen LogP contribution in [0.2, 0.25) is 0 Å². The summed E-state index contributed by atoms with van der Waals surface area (Å²) in [6, 6.07) is 0.227. The van der Waals surface area contributed by atoms with Crippen molar-refractivity contribution in [2.45, 2.75) is 18.9 Å². The molecule has 0 aromatic rings. The number of ether oxygens (including phenoxy) is 1. The second-order valence-electron chi connectivity index (χ2n) is 6.39. The monoisotopic (exact) mass is 382 g/mol. The molecule has 24 heavy (non-hydrogen) atoms. The van der Waals surface area contributed by atoms with Gasteiger partial charge in [-0.05, 0) is 13.0 Å². The summed E-state index contributed by atoms with van der Waals surface area (Å²) in [4.78, 5) is 28.5. The Balaban J connectivity index is 0.00000144. The molecule has 3 heterocycles. The number of rotatable bonds is 5. The van der Waals surface area contributed by atoms with Crippen molar-refractivity contribution < 1.29 is 14.3 Å². The van der Waals surface area contributed by atoms with Crippen LogP contribution in [-0.2, 0) is 14.3 Å². The number of hydrogen-bond acceptors (Lipinski definition) is 5. The highest BCUT2D eigenvalue weighted by molar-refractivity contribution is 5.89. The Kier molecular flexibility index (Phi) is 9.30. The summed E-state index contributed by atoms with van der Waals surface area (Å²) in [6.07, 6.45) is 1.34. The van der Waals surface area contributed by atoms with Crippen molar-refractivity contribution in [1.82, 2.24) is 20.4 Å². The Morgan fingerprint density at radius 2 is 2.00 bits per heavy atom. The van der Waals surface area contributed by atoms with Crippen molar-refractivity contribution >= 4 is 36.6 Å². The molecular formula is C15H28Cl2N4O3. The van der Waals surface area contributed by atoms with Gasteiger partial charge in [0.15, 0.2) is 0 Å². The van der Waals surface area contributed by atoms with Crippen LogP contribution in [0.1, 0.15) is 12.8 Å². The third-order valence-corrected chi connectivity index (χ3v) is 4.78. The van der Waals surface area contributed by atoms with E-state index in [-0.39, 0.29) is 48.6 Å². The summed E-state index contributed by atoms with van der Waals surface area (Å²) < 4.78 is 5.32. The van der Waals surface area contributed by atoms with Gasteiger partial charge in [-0.2, -0.15) is 0 Å². The fourth-order valence-corrected chi connectivity index (χ4v) is 3.35. The van der Waals surface area contributed by atoms with Gasteiger partial charge >= 0.3 is 0 Å². The number of morpholine rings is 1. The smallest absolute Gasteiger partial charge is 0.225 e. The van der Waals surface area contributed by atoms with Gasteiger partial charge < -0.3 is 20.3 Å². The summed E-state index contributed by atoms with van der Waals surface area (Å²) in [5.74, 6) is -0.0355. The second kappa shape index (κ2) is 10.4. The lowest BCUT2D eigenvalue weighted by molar-refractivity contribution is -0.129. The zero-order valence-corrected chi connectivity index (χ0v) is 15.5. The molecule has 7 nitrogen and oxygen atoms in total. The molecule has 0 aromatic carbocycles. The fourth-order valence-electron chi connectivity index (χ4n) is 3.35. The maximum Gasteiger partial charge on any atom is 0.225 e. The molecule has 0 aliphatic carbocycles. The van der Waals surface area contributed by atoms with Gasteiger partial charge in [-0.25, -0.2) is 0 Å². The zero-order chi connectivity index (χ0) is 15.4. The first-order chi connectivity index (χ1) is 10.7. The van der Waals surface area contributed by atoms with Crippen molar-refractivity contribution in [3.63, 3.8) is 0 Å². The molecule has 3 fully saturated rings. The van der Waals surface area contributed by atoms with E-state index in [2.05, 4.69) is 15.5 Å². The highest BCUT2D eigenvalue weighted by atomic mass is 35.5. The van der Waals surface area contributed by atoms with E-state index in [0.717, 1.165) is 52.4 Å². The first-order valence-corrected chi connectivity index (χ1v) is 8.31. The van der Waals surface area contributed by atoms with Crippen LogP contribution >= 0.6 is 24.8 Å². The van der Waals surface area contributed by atoms with Gasteiger partial charge in [-0.1, -0.05) is 0 Å². The van der Waals surface area contributed by atoms with Gasteiger partial charge in [-0.15, -0.1) is 24.8 Å². The van der Waals surface area contributed by atoms with E-state index in [0.29, 0.717) is 19.5 Å². The lowest BCUT2D eigenvalue weighted by Crippen LogP contribution is -2.43. The summed E-state index contributed by atoms with van der Waals surface area (Å²) in [6.45, 7) is 7.36. The minimum absolute atomic E-state index is 0. The number of carbonyl (C=O) groups is 2. The summed E-state index contributed by atoms with van der Waals surface area (Å²) in [7, 11) is 0. The summed E-state index contributed by atoms with van der Waals surface area (Å²) >= 11 is 0. The van der Waals surface area contributed by atoms with Crippen molar-refractivity contribution in [1.29, 1.82) is 0 Å². The van der Waals surface area contributed by atoms with Crippen LogP contribution in [0.4, 0.5) is 0 Å². The Morgan fingerprint density at radius 1 is 1.25 bits per heavy atom. The lowest BCUT2D eigenvalue weighted by atomic mass is 10.1. The van der Waals surface area contributed by atoms with E-state index in [9.17, 15) is 9.59 Å². The van der Waals surface area contributed by atoms with Crippen LogP contribution in [0.25, 0.3) is 0 Å². The lowest BCUT2D eigenvalue weighted by Gasteiger charge is -2.28. The molecule has 2 atom stereocenters. The standard InChI is InChI=1S/C15H26N4O3.2ClH/c20-14-9-12(15(21)17-13-1-2-16-10-13)11-19(14)4-3-18-5-7-22-8-6-18;;/h12-13,16H,1-11H2,(H,17,21);2*1H. The van der Waals surface area contributed by atoms with E-state index in [4.69, 9.17) is 4.74 Å². The SMILES string of the molecule is Cl.Cl.O=C(NC1CCNC1)C1CC(=O)N(CCN2CCOCC2)C1. The zero-order valence-electron chi connectivity index (χ0n) is 13.9. The number of nitrogens with one attached hydrogen (secondary N) is 2. The molecule has 0 aromatic heterocycles. The van der Waals surface area contributed by atoms with Crippen LogP contribution < -0.4 is 10.6 Å². The molecule has 0 saturated carbocycles. The normalized spacial score (nSPS) is 27.5. The Bertz CT molecular complexity index is 416. The fraction of sp³-hybridized carbons (Fsp3) is 0.867. The molecule has 3 aliphatic heterocycles. The molecule has 9 heteroatoms. The first-order valence-electron chi connectivity index (χ1n) is 8.31. The minimum atomic E-state index is -0.183. The Labute approximate surface area is 155 Å². The van der Waals surface area contributed by atoms with Gasteiger partial charge in [0.1, 0.15) is 0 Å². The predicted molar refractivity (Wildman–Crippen MR) is 95.9 cm³/mol. The van der Waals surface area contributed by atoms with E-state index < -0.39 is 0 Å². The molecule has 2 unspecified atom stereocenters. The first kappa shape index (κ1) is 21.4. The van der Waals surface area contributed by atoms with Crippen LogP contribution in [0.15, 0.2) is 0 Å². The average Bonchev–Trinajstić information content (AvgIpc) is 3.16. The highest BCUT2D eigenvalue weighted by Crippen LogP contribution is 2.18. The molecule has 0 bridgehead atoms. The Morgan fingerprint density at radius 3 is 2.67 bits per heavy atom. The largest absolute Gasteiger partial charge is 0.379 e. The van der Waals surface area contributed by atoms with Gasteiger partial charge in [0, 0.05) is 51.7 Å². The van der Waals surface area contributed by atoms with Crippen molar-refractivity contribution in [3.05, 3.63) is 0 Å². The third kappa shape index (κ3) is 5.74. The number of nitrogens with zero attached hydrogens (tertiary/aromatic N) is 2. The van der Waals surface area contributed by atoms with Crippen LogP contribution in [0, 0.1) is 5.92 Å². The second-order valence-corrected chi connectivity index (χ2v) is 6.39. The predicted octanol–water partition coefficient (Wildman–Crippen LogP) is -0.511. The molecule has 3 aliphatic rings. The number of halogens is 2. The molecule has 3 rings (SSSR count). The molecule has 0 spiro atoms. The number of likely N-dealkylation sites (tertiary alicyclic amines) is 1.